The van der Waals surface area contributed by atoms with E-state index in [1.807, 2.05) is 0 Å². The maximum atomic E-state index is 8.94. The molecule has 0 fully saturated rings. The van der Waals surface area contributed by atoms with Gasteiger partial charge < -0.3 is 5.11 Å². The molecule has 1 aromatic heterocycles. The first-order valence-corrected chi connectivity index (χ1v) is 4.26. The van der Waals surface area contributed by atoms with Crippen LogP contribution in [0.5, 0.6) is 0 Å². The fourth-order valence-corrected chi connectivity index (χ4v) is 1.68. The minimum Gasteiger partial charge on any atom is -0.386 e. The van der Waals surface area contributed by atoms with Crippen LogP contribution in [0, 0.1) is 3.01 Å². The quantitative estimate of drug-likeness (QED) is 0.768. The number of hydrogen-bond donors (Lipinski definition) is 1. The highest BCUT2D eigenvalue weighted by Gasteiger charge is 2.05. The third kappa shape index (κ3) is 1.84. The predicted molar refractivity (Wildman–Crippen MR) is 43.3 cm³/mol. The van der Waals surface area contributed by atoms with Gasteiger partial charge in [-0.25, -0.2) is 0 Å². The van der Waals surface area contributed by atoms with Crippen molar-refractivity contribution in [1.29, 1.82) is 0 Å². The first-order chi connectivity index (χ1) is 4.20. The van der Waals surface area contributed by atoms with Crippen molar-refractivity contribution in [1.82, 2.24) is 10.2 Å². The van der Waals surface area contributed by atoms with Crippen LogP contribution in [0.1, 0.15) is 18.0 Å². The van der Waals surface area contributed by atoms with Gasteiger partial charge in [-0.3, -0.25) is 0 Å². The molecule has 0 aliphatic heterocycles. The van der Waals surface area contributed by atoms with Gasteiger partial charge in [0.1, 0.15) is 11.1 Å². The first kappa shape index (κ1) is 7.36. The molecule has 0 saturated heterocycles. The maximum Gasteiger partial charge on any atom is 0.178 e. The van der Waals surface area contributed by atoms with Gasteiger partial charge in [0.15, 0.2) is 3.01 Å². The van der Waals surface area contributed by atoms with E-state index in [-0.39, 0.29) is 0 Å². The second-order valence-electron chi connectivity index (χ2n) is 1.57. The van der Waals surface area contributed by atoms with E-state index in [1.54, 1.807) is 6.92 Å². The van der Waals surface area contributed by atoms with Gasteiger partial charge >= 0.3 is 0 Å². The smallest absolute Gasteiger partial charge is 0.178 e. The van der Waals surface area contributed by atoms with E-state index < -0.39 is 6.10 Å². The lowest BCUT2D eigenvalue weighted by atomic mass is 10.4. The average molecular weight is 256 g/mol. The molecule has 0 amide bonds. The van der Waals surface area contributed by atoms with Crippen LogP contribution in [-0.4, -0.2) is 15.3 Å². The van der Waals surface area contributed by atoms with Gasteiger partial charge in [-0.15, -0.1) is 10.2 Å². The van der Waals surface area contributed by atoms with Crippen molar-refractivity contribution < 1.29 is 5.11 Å². The number of aliphatic hydroxyl groups excluding tert-OH is 1. The first-order valence-electron chi connectivity index (χ1n) is 2.37. The highest BCUT2D eigenvalue weighted by Crippen LogP contribution is 2.17. The fraction of sp³-hybridized carbons (Fsp3) is 0.500. The second kappa shape index (κ2) is 2.89. The second-order valence-corrected chi connectivity index (χ2v) is 4.33. The Morgan fingerprint density at radius 3 is 2.56 bits per heavy atom. The Labute approximate surface area is 70.3 Å². The Hall–Kier alpha value is 0.250. The molecule has 50 valence electrons. The van der Waals surface area contributed by atoms with Gasteiger partial charge in [0.2, 0.25) is 0 Å². The number of aromatic nitrogens is 2. The number of aliphatic hydroxyl groups is 1. The molecule has 1 rings (SSSR count). The van der Waals surface area contributed by atoms with Gasteiger partial charge in [-0.05, 0) is 29.5 Å². The normalized spacial score (nSPS) is 13.7. The largest absolute Gasteiger partial charge is 0.386 e. The molecule has 0 aliphatic rings. The van der Waals surface area contributed by atoms with E-state index in [1.165, 1.54) is 11.3 Å². The molecule has 1 heterocycles. The van der Waals surface area contributed by atoms with Crippen LogP contribution in [0.3, 0.4) is 0 Å². The lowest BCUT2D eigenvalue weighted by Gasteiger charge is -1.92. The van der Waals surface area contributed by atoms with Crippen LogP contribution < -0.4 is 0 Å². The van der Waals surface area contributed by atoms with Gasteiger partial charge in [-0.2, -0.15) is 0 Å². The molecule has 0 aliphatic carbocycles. The van der Waals surface area contributed by atoms with E-state index in [2.05, 4.69) is 32.8 Å². The Morgan fingerprint density at radius 1 is 1.67 bits per heavy atom. The van der Waals surface area contributed by atoms with Crippen molar-refractivity contribution in [3.63, 3.8) is 0 Å². The molecule has 0 saturated carbocycles. The Balaban J connectivity index is 2.85. The van der Waals surface area contributed by atoms with Gasteiger partial charge in [-0.1, -0.05) is 11.3 Å². The standard InChI is InChI=1S/C4H5IN2OS/c1-2(8)3-6-7-4(5)9-3/h2,8H,1H3. The van der Waals surface area contributed by atoms with E-state index >= 15 is 0 Å². The number of rotatable bonds is 1. The SMILES string of the molecule is CC(O)c1nnc(I)s1. The third-order valence-corrected chi connectivity index (χ3v) is 2.53. The van der Waals surface area contributed by atoms with E-state index in [9.17, 15) is 0 Å². The Bertz CT molecular complexity index is 200. The number of hydrogen-bond acceptors (Lipinski definition) is 4. The summed E-state index contributed by atoms with van der Waals surface area (Å²) in [6.07, 6.45) is -0.481. The van der Waals surface area contributed by atoms with Crippen LogP contribution in [-0.2, 0) is 0 Å². The molecule has 0 aromatic carbocycles. The zero-order chi connectivity index (χ0) is 6.85. The summed E-state index contributed by atoms with van der Waals surface area (Å²) in [6, 6.07) is 0. The van der Waals surface area contributed by atoms with Crippen molar-refractivity contribution in [3.05, 3.63) is 8.02 Å². The minimum atomic E-state index is -0.481. The molecule has 3 nitrogen and oxygen atoms in total. The average Bonchev–Trinajstić information content (AvgIpc) is 2.14. The monoisotopic (exact) mass is 256 g/mol. The summed E-state index contributed by atoms with van der Waals surface area (Å²) in [7, 11) is 0. The summed E-state index contributed by atoms with van der Waals surface area (Å²) >= 11 is 3.48. The van der Waals surface area contributed by atoms with E-state index in [4.69, 9.17) is 5.11 Å². The lowest BCUT2D eigenvalue weighted by Crippen LogP contribution is -1.88. The van der Waals surface area contributed by atoms with Gasteiger partial charge in [0.25, 0.3) is 0 Å². The molecular weight excluding hydrogens is 251 g/mol. The topological polar surface area (TPSA) is 46.0 Å². The molecular formula is C4H5IN2OS. The molecule has 5 heteroatoms. The van der Waals surface area contributed by atoms with Crippen molar-refractivity contribution >= 4 is 33.9 Å². The summed E-state index contributed by atoms with van der Waals surface area (Å²) in [5.74, 6) is 0. The summed E-state index contributed by atoms with van der Waals surface area (Å²) < 4.78 is 0.864. The molecule has 1 atom stereocenters. The van der Waals surface area contributed by atoms with Crippen LogP contribution in [0.25, 0.3) is 0 Å². The minimum absolute atomic E-state index is 0.481. The number of halogens is 1. The fourth-order valence-electron chi connectivity index (χ4n) is 0.385. The van der Waals surface area contributed by atoms with E-state index in [0.717, 1.165) is 3.01 Å². The van der Waals surface area contributed by atoms with Gasteiger partial charge in [0.05, 0.1) is 0 Å². The predicted octanol–water partition coefficient (Wildman–Crippen LogP) is 1.20. The van der Waals surface area contributed by atoms with E-state index in [0.29, 0.717) is 5.01 Å². The summed E-state index contributed by atoms with van der Waals surface area (Å²) in [5, 5.41) is 17.1. The van der Waals surface area contributed by atoms with Crippen molar-refractivity contribution in [2.45, 2.75) is 13.0 Å². The van der Waals surface area contributed by atoms with Crippen LogP contribution in [0.2, 0.25) is 0 Å². The highest BCUT2D eigenvalue weighted by molar-refractivity contribution is 14.1. The molecule has 1 N–H and O–H groups in total. The zero-order valence-corrected chi connectivity index (χ0v) is 7.68. The third-order valence-electron chi connectivity index (χ3n) is 0.773. The van der Waals surface area contributed by atoms with Crippen molar-refractivity contribution in [2.24, 2.45) is 0 Å². The molecule has 0 radical (unpaired) electrons. The summed E-state index contributed by atoms with van der Waals surface area (Å²) in [6.45, 7) is 1.68. The highest BCUT2D eigenvalue weighted by atomic mass is 127. The van der Waals surface area contributed by atoms with Crippen molar-refractivity contribution in [3.8, 4) is 0 Å². The Morgan fingerprint density at radius 2 is 2.33 bits per heavy atom. The molecule has 1 unspecified atom stereocenters. The van der Waals surface area contributed by atoms with Crippen molar-refractivity contribution in [2.75, 3.05) is 0 Å². The molecule has 0 spiro atoms. The zero-order valence-electron chi connectivity index (χ0n) is 4.71. The molecule has 9 heavy (non-hydrogen) atoms. The lowest BCUT2D eigenvalue weighted by molar-refractivity contribution is 0.198. The van der Waals surface area contributed by atoms with Gasteiger partial charge in [0, 0.05) is 0 Å². The Kier molecular flexibility index (Phi) is 2.36. The summed E-state index contributed by atoms with van der Waals surface area (Å²) in [5.41, 5.74) is 0. The molecule has 1 aromatic rings. The number of nitrogens with zero attached hydrogens (tertiary/aromatic N) is 2. The van der Waals surface area contributed by atoms with Crippen LogP contribution in [0.15, 0.2) is 0 Å². The van der Waals surface area contributed by atoms with Crippen LogP contribution >= 0.6 is 33.9 Å². The maximum absolute atomic E-state index is 8.94. The van der Waals surface area contributed by atoms with Crippen LogP contribution in [0.4, 0.5) is 0 Å². The molecule has 0 bridgehead atoms. The summed E-state index contributed by atoms with van der Waals surface area (Å²) in [4.78, 5) is 0.